The number of benzene rings is 2. The average Bonchev–Trinajstić information content (AvgIpc) is 2.79. The fraction of sp³-hybridized carbons (Fsp3) is 0.462. The van der Waals surface area contributed by atoms with E-state index in [4.69, 9.17) is 9.47 Å². The predicted molar refractivity (Wildman–Crippen MR) is 120 cm³/mol. The van der Waals surface area contributed by atoms with Crippen LogP contribution in [0, 0.1) is 5.92 Å². The highest BCUT2D eigenvalue weighted by atomic mass is 16.6. The molecule has 4 heteroatoms. The van der Waals surface area contributed by atoms with Gasteiger partial charge in [0.25, 0.3) is 0 Å². The summed E-state index contributed by atoms with van der Waals surface area (Å²) in [4.78, 5) is 25.4. The SMILES string of the molecule is CCCCC(C(CC)OC(=O)c1ccccc1)C(CCC)OC(=O)c1ccccc1. The molecule has 0 heterocycles. The van der Waals surface area contributed by atoms with Crippen molar-refractivity contribution in [3.05, 3.63) is 71.8 Å². The van der Waals surface area contributed by atoms with Crippen molar-refractivity contribution in [1.82, 2.24) is 0 Å². The topological polar surface area (TPSA) is 52.6 Å². The standard InChI is InChI=1S/C26H34O4/c1-4-7-19-22(23(6-3)29-25(27)20-15-10-8-11-16-20)24(14-5-2)30-26(28)21-17-12-9-13-18-21/h8-13,15-18,22-24H,4-7,14,19H2,1-3H3. The van der Waals surface area contributed by atoms with Gasteiger partial charge in [0, 0.05) is 5.92 Å². The Morgan fingerprint density at radius 1 is 0.700 bits per heavy atom. The summed E-state index contributed by atoms with van der Waals surface area (Å²) in [7, 11) is 0. The van der Waals surface area contributed by atoms with Crippen molar-refractivity contribution in [1.29, 1.82) is 0 Å². The Kier molecular flexibility index (Phi) is 10.1. The smallest absolute Gasteiger partial charge is 0.338 e. The van der Waals surface area contributed by atoms with E-state index in [9.17, 15) is 9.59 Å². The molecule has 0 saturated heterocycles. The normalized spacial score (nSPS) is 13.8. The molecule has 2 aromatic rings. The molecule has 4 nitrogen and oxygen atoms in total. The van der Waals surface area contributed by atoms with E-state index in [1.807, 2.05) is 43.3 Å². The molecule has 0 fully saturated rings. The van der Waals surface area contributed by atoms with Gasteiger partial charge in [0.15, 0.2) is 0 Å². The number of carbonyl (C=O) groups excluding carboxylic acids is 2. The molecule has 0 bridgehead atoms. The number of hydrogen-bond donors (Lipinski definition) is 0. The first-order chi connectivity index (χ1) is 14.6. The third-order valence-corrected chi connectivity index (χ3v) is 5.36. The minimum Gasteiger partial charge on any atom is -0.458 e. The third-order valence-electron chi connectivity index (χ3n) is 5.36. The molecule has 0 amide bonds. The van der Waals surface area contributed by atoms with Crippen LogP contribution in [0.4, 0.5) is 0 Å². The van der Waals surface area contributed by atoms with Crippen LogP contribution in [0.5, 0.6) is 0 Å². The number of esters is 2. The van der Waals surface area contributed by atoms with E-state index < -0.39 is 0 Å². The molecule has 0 aliphatic heterocycles. The van der Waals surface area contributed by atoms with Gasteiger partial charge in [-0.25, -0.2) is 9.59 Å². The molecule has 0 spiro atoms. The van der Waals surface area contributed by atoms with Crippen LogP contribution in [0.3, 0.4) is 0 Å². The fourth-order valence-electron chi connectivity index (χ4n) is 3.73. The lowest BCUT2D eigenvalue weighted by atomic mass is 9.86. The molecule has 0 radical (unpaired) electrons. The second-order valence-electron chi connectivity index (χ2n) is 7.62. The van der Waals surface area contributed by atoms with Gasteiger partial charge in [-0.2, -0.15) is 0 Å². The Morgan fingerprint density at radius 2 is 1.20 bits per heavy atom. The van der Waals surface area contributed by atoms with Crippen LogP contribution in [0.15, 0.2) is 60.7 Å². The zero-order chi connectivity index (χ0) is 21.8. The Morgan fingerprint density at radius 3 is 1.63 bits per heavy atom. The van der Waals surface area contributed by atoms with E-state index in [0.29, 0.717) is 17.5 Å². The van der Waals surface area contributed by atoms with Crippen molar-refractivity contribution >= 4 is 11.9 Å². The largest absolute Gasteiger partial charge is 0.458 e. The average molecular weight is 411 g/mol. The molecule has 0 aromatic heterocycles. The summed E-state index contributed by atoms with van der Waals surface area (Å²) in [5.41, 5.74) is 1.08. The molecule has 0 saturated carbocycles. The van der Waals surface area contributed by atoms with Crippen LogP contribution >= 0.6 is 0 Å². The number of unbranched alkanes of at least 4 members (excludes halogenated alkanes) is 1. The van der Waals surface area contributed by atoms with Crippen LogP contribution in [0.1, 0.15) is 80.0 Å². The predicted octanol–water partition coefficient (Wildman–Crippen LogP) is 6.45. The van der Waals surface area contributed by atoms with E-state index >= 15 is 0 Å². The maximum absolute atomic E-state index is 12.7. The molecular weight excluding hydrogens is 376 g/mol. The van der Waals surface area contributed by atoms with Gasteiger partial charge in [-0.3, -0.25) is 0 Å². The molecule has 0 N–H and O–H groups in total. The third kappa shape index (κ3) is 7.01. The molecule has 3 atom stereocenters. The van der Waals surface area contributed by atoms with Crippen molar-refractivity contribution < 1.29 is 19.1 Å². The molecular formula is C26H34O4. The maximum Gasteiger partial charge on any atom is 0.338 e. The quantitative estimate of drug-likeness (QED) is 0.377. The minimum absolute atomic E-state index is 0.0322. The first kappa shape index (κ1) is 23.7. The summed E-state index contributed by atoms with van der Waals surface area (Å²) >= 11 is 0. The zero-order valence-corrected chi connectivity index (χ0v) is 18.4. The summed E-state index contributed by atoms with van der Waals surface area (Å²) in [6.07, 6.45) is 4.59. The lowest BCUT2D eigenvalue weighted by molar-refractivity contribution is -0.0395. The van der Waals surface area contributed by atoms with Crippen molar-refractivity contribution in [2.45, 2.75) is 71.5 Å². The molecule has 0 aliphatic rings. The Bertz CT molecular complexity index is 757. The van der Waals surface area contributed by atoms with Crippen molar-refractivity contribution in [2.24, 2.45) is 5.92 Å². The van der Waals surface area contributed by atoms with Crippen LogP contribution in [-0.4, -0.2) is 24.1 Å². The van der Waals surface area contributed by atoms with E-state index in [1.165, 1.54) is 0 Å². The number of ether oxygens (including phenoxy) is 2. The fourth-order valence-corrected chi connectivity index (χ4v) is 3.73. The number of hydrogen-bond acceptors (Lipinski definition) is 4. The van der Waals surface area contributed by atoms with Gasteiger partial charge < -0.3 is 9.47 Å². The van der Waals surface area contributed by atoms with Crippen LogP contribution in [0.25, 0.3) is 0 Å². The summed E-state index contributed by atoms with van der Waals surface area (Å²) in [6.45, 7) is 6.24. The van der Waals surface area contributed by atoms with Gasteiger partial charge in [0.05, 0.1) is 11.1 Å². The molecule has 0 aliphatic carbocycles. The Balaban J connectivity index is 2.20. The second-order valence-corrected chi connectivity index (χ2v) is 7.62. The van der Waals surface area contributed by atoms with E-state index in [2.05, 4.69) is 13.8 Å². The highest BCUT2D eigenvalue weighted by molar-refractivity contribution is 5.90. The van der Waals surface area contributed by atoms with E-state index in [1.54, 1.807) is 24.3 Å². The van der Waals surface area contributed by atoms with Crippen molar-refractivity contribution in [3.8, 4) is 0 Å². The minimum atomic E-state index is -0.325. The summed E-state index contributed by atoms with van der Waals surface area (Å²) in [5, 5.41) is 0. The second kappa shape index (κ2) is 12.8. The van der Waals surface area contributed by atoms with E-state index in [-0.39, 0.29) is 30.1 Å². The molecule has 162 valence electrons. The molecule has 2 rings (SSSR count). The monoisotopic (exact) mass is 410 g/mol. The van der Waals surface area contributed by atoms with Gasteiger partial charge in [-0.15, -0.1) is 0 Å². The molecule has 2 aromatic carbocycles. The lowest BCUT2D eigenvalue weighted by Gasteiger charge is -2.33. The number of rotatable bonds is 12. The van der Waals surface area contributed by atoms with Crippen LogP contribution in [0.2, 0.25) is 0 Å². The van der Waals surface area contributed by atoms with Gasteiger partial charge >= 0.3 is 11.9 Å². The molecule has 3 unspecified atom stereocenters. The highest BCUT2D eigenvalue weighted by Crippen LogP contribution is 2.29. The van der Waals surface area contributed by atoms with Gasteiger partial charge in [0.1, 0.15) is 12.2 Å². The number of carbonyl (C=O) groups is 2. The Labute approximate surface area is 180 Å². The Hall–Kier alpha value is -2.62. The summed E-state index contributed by atoms with van der Waals surface area (Å²) in [6, 6.07) is 18.1. The van der Waals surface area contributed by atoms with Crippen molar-refractivity contribution in [3.63, 3.8) is 0 Å². The lowest BCUT2D eigenvalue weighted by Crippen LogP contribution is -2.38. The van der Waals surface area contributed by atoms with Crippen LogP contribution in [-0.2, 0) is 9.47 Å². The van der Waals surface area contributed by atoms with Gasteiger partial charge in [0.2, 0.25) is 0 Å². The molecule has 30 heavy (non-hydrogen) atoms. The highest BCUT2D eigenvalue weighted by Gasteiger charge is 2.33. The first-order valence-electron chi connectivity index (χ1n) is 11.1. The maximum atomic E-state index is 12.7. The zero-order valence-electron chi connectivity index (χ0n) is 18.4. The summed E-state index contributed by atoms with van der Waals surface area (Å²) in [5.74, 6) is -0.677. The van der Waals surface area contributed by atoms with E-state index in [0.717, 1.165) is 32.1 Å². The van der Waals surface area contributed by atoms with Crippen LogP contribution < -0.4 is 0 Å². The van der Waals surface area contributed by atoms with Gasteiger partial charge in [-0.1, -0.05) is 76.4 Å². The van der Waals surface area contributed by atoms with Gasteiger partial charge in [-0.05, 0) is 43.5 Å². The van der Waals surface area contributed by atoms with Crippen molar-refractivity contribution in [2.75, 3.05) is 0 Å². The first-order valence-corrected chi connectivity index (χ1v) is 11.1. The summed E-state index contributed by atoms with van der Waals surface area (Å²) < 4.78 is 11.9.